The van der Waals surface area contributed by atoms with Crippen molar-refractivity contribution >= 4 is 11.6 Å². The number of nitrogens with two attached hydrogens (primary N) is 1. The maximum atomic E-state index is 5.90. The summed E-state index contributed by atoms with van der Waals surface area (Å²) < 4.78 is 0. The molecule has 2 rings (SSSR count). The molecule has 0 saturated carbocycles. The highest BCUT2D eigenvalue weighted by Gasteiger charge is 2.12. The molecule has 1 unspecified atom stereocenters. The molecule has 0 aliphatic carbocycles. The first-order chi connectivity index (χ1) is 8.60. The Labute approximate surface area is 113 Å². The molecule has 0 spiro atoms. The fourth-order valence-electron chi connectivity index (χ4n) is 2.22. The van der Waals surface area contributed by atoms with Gasteiger partial charge in [-0.2, -0.15) is 0 Å². The van der Waals surface area contributed by atoms with Crippen molar-refractivity contribution in [2.75, 3.05) is 0 Å². The SMILES string of the molecule is Cc1cc(C)cc(C(NN)c2ccc(Cl)cc2)c1. The second-order valence-electron chi connectivity index (χ2n) is 4.57. The lowest BCUT2D eigenvalue weighted by Crippen LogP contribution is -2.28. The van der Waals surface area contributed by atoms with E-state index in [1.807, 2.05) is 24.3 Å². The van der Waals surface area contributed by atoms with Gasteiger partial charge in [0.15, 0.2) is 0 Å². The molecule has 3 heteroatoms. The smallest absolute Gasteiger partial charge is 0.0710 e. The van der Waals surface area contributed by atoms with Crippen LogP contribution in [0.25, 0.3) is 0 Å². The maximum absolute atomic E-state index is 5.90. The van der Waals surface area contributed by atoms with Gasteiger partial charge in [0.1, 0.15) is 0 Å². The Morgan fingerprint density at radius 2 is 1.50 bits per heavy atom. The third kappa shape index (κ3) is 2.91. The molecule has 0 amide bonds. The molecular formula is C15H17ClN2. The number of aryl methyl sites for hydroxylation is 2. The van der Waals surface area contributed by atoms with Crippen molar-refractivity contribution in [2.24, 2.45) is 5.84 Å². The van der Waals surface area contributed by atoms with Crippen molar-refractivity contribution in [2.45, 2.75) is 19.9 Å². The zero-order chi connectivity index (χ0) is 13.1. The highest BCUT2D eigenvalue weighted by atomic mass is 35.5. The van der Waals surface area contributed by atoms with Crippen LogP contribution in [0.5, 0.6) is 0 Å². The normalized spacial score (nSPS) is 12.4. The van der Waals surface area contributed by atoms with Gasteiger partial charge in [-0.1, -0.05) is 53.1 Å². The molecule has 94 valence electrons. The van der Waals surface area contributed by atoms with Crippen molar-refractivity contribution in [3.8, 4) is 0 Å². The highest BCUT2D eigenvalue weighted by Crippen LogP contribution is 2.24. The van der Waals surface area contributed by atoms with Gasteiger partial charge < -0.3 is 0 Å². The molecule has 0 aromatic heterocycles. The van der Waals surface area contributed by atoms with E-state index in [2.05, 4.69) is 37.5 Å². The van der Waals surface area contributed by atoms with Gasteiger partial charge in [-0.25, -0.2) is 5.43 Å². The first-order valence-corrected chi connectivity index (χ1v) is 6.28. The van der Waals surface area contributed by atoms with E-state index >= 15 is 0 Å². The summed E-state index contributed by atoms with van der Waals surface area (Å²) in [6.45, 7) is 4.18. The van der Waals surface area contributed by atoms with Crippen LogP contribution in [0.1, 0.15) is 28.3 Å². The monoisotopic (exact) mass is 260 g/mol. The molecule has 0 fully saturated rings. The Kier molecular flexibility index (Phi) is 4.02. The van der Waals surface area contributed by atoms with E-state index < -0.39 is 0 Å². The predicted molar refractivity (Wildman–Crippen MR) is 76.5 cm³/mol. The molecular weight excluding hydrogens is 244 g/mol. The fourth-order valence-corrected chi connectivity index (χ4v) is 2.34. The van der Waals surface area contributed by atoms with E-state index in [1.54, 1.807) is 0 Å². The third-order valence-electron chi connectivity index (χ3n) is 2.95. The largest absolute Gasteiger partial charge is 0.271 e. The molecule has 3 N–H and O–H groups in total. The van der Waals surface area contributed by atoms with Crippen LogP contribution < -0.4 is 11.3 Å². The molecule has 18 heavy (non-hydrogen) atoms. The van der Waals surface area contributed by atoms with Crippen molar-refractivity contribution in [1.29, 1.82) is 0 Å². The van der Waals surface area contributed by atoms with Gasteiger partial charge in [0.25, 0.3) is 0 Å². The predicted octanol–water partition coefficient (Wildman–Crippen LogP) is 3.51. The number of benzene rings is 2. The Hall–Kier alpha value is -1.35. The van der Waals surface area contributed by atoms with E-state index in [-0.39, 0.29) is 6.04 Å². The summed E-state index contributed by atoms with van der Waals surface area (Å²) in [5, 5.41) is 0.731. The van der Waals surface area contributed by atoms with Crippen molar-refractivity contribution in [3.05, 3.63) is 69.7 Å². The molecule has 0 bridgehead atoms. The molecule has 2 nitrogen and oxygen atoms in total. The Morgan fingerprint density at radius 1 is 0.944 bits per heavy atom. The topological polar surface area (TPSA) is 38.0 Å². The van der Waals surface area contributed by atoms with E-state index in [9.17, 15) is 0 Å². The Balaban J connectivity index is 2.41. The minimum atomic E-state index is -0.0131. The van der Waals surface area contributed by atoms with Gasteiger partial charge in [-0.3, -0.25) is 5.84 Å². The standard InChI is InChI=1S/C15H17ClN2/c1-10-7-11(2)9-13(8-10)15(18-17)12-3-5-14(16)6-4-12/h3-9,15,18H,17H2,1-2H3. The lowest BCUT2D eigenvalue weighted by molar-refractivity contribution is 0.636. The lowest BCUT2D eigenvalue weighted by Gasteiger charge is -2.18. The third-order valence-corrected chi connectivity index (χ3v) is 3.20. The molecule has 2 aromatic rings. The summed E-state index contributed by atoms with van der Waals surface area (Å²) in [5.74, 6) is 5.69. The summed E-state index contributed by atoms with van der Waals surface area (Å²) in [4.78, 5) is 0. The first-order valence-electron chi connectivity index (χ1n) is 5.90. The van der Waals surface area contributed by atoms with Gasteiger partial charge >= 0.3 is 0 Å². The van der Waals surface area contributed by atoms with E-state index in [4.69, 9.17) is 17.4 Å². The second kappa shape index (κ2) is 5.53. The molecule has 0 saturated heterocycles. The number of hydrogen-bond donors (Lipinski definition) is 2. The summed E-state index contributed by atoms with van der Waals surface area (Å²) in [7, 11) is 0. The number of hydrogen-bond acceptors (Lipinski definition) is 2. The average Bonchev–Trinajstić information content (AvgIpc) is 2.31. The second-order valence-corrected chi connectivity index (χ2v) is 5.01. The Morgan fingerprint density at radius 3 is 2.00 bits per heavy atom. The zero-order valence-corrected chi connectivity index (χ0v) is 11.3. The zero-order valence-electron chi connectivity index (χ0n) is 10.6. The molecule has 0 radical (unpaired) electrons. The van der Waals surface area contributed by atoms with Crippen molar-refractivity contribution < 1.29 is 0 Å². The van der Waals surface area contributed by atoms with E-state index in [0.717, 1.165) is 16.1 Å². The van der Waals surface area contributed by atoms with Crippen LogP contribution in [0.4, 0.5) is 0 Å². The van der Waals surface area contributed by atoms with Gasteiger partial charge in [0.2, 0.25) is 0 Å². The van der Waals surface area contributed by atoms with Gasteiger partial charge in [0.05, 0.1) is 6.04 Å². The number of halogens is 1. The number of hydrazine groups is 1. The van der Waals surface area contributed by atoms with Crippen molar-refractivity contribution in [3.63, 3.8) is 0 Å². The first kappa shape index (κ1) is 13.1. The van der Waals surface area contributed by atoms with Crippen LogP contribution in [0.3, 0.4) is 0 Å². The average molecular weight is 261 g/mol. The van der Waals surface area contributed by atoms with Crippen LogP contribution in [0, 0.1) is 13.8 Å². The molecule has 1 atom stereocenters. The summed E-state index contributed by atoms with van der Waals surface area (Å²) in [5.41, 5.74) is 7.60. The summed E-state index contributed by atoms with van der Waals surface area (Å²) in [6.07, 6.45) is 0. The van der Waals surface area contributed by atoms with Crippen LogP contribution >= 0.6 is 11.6 Å². The van der Waals surface area contributed by atoms with Gasteiger partial charge in [-0.05, 0) is 37.1 Å². The molecule has 2 aromatic carbocycles. The molecule has 0 aliphatic heterocycles. The summed E-state index contributed by atoms with van der Waals surface area (Å²) >= 11 is 5.90. The lowest BCUT2D eigenvalue weighted by atomic mass is 9.96. The van der Waals surface area contributed by atoms with E-state index in [0.29, 0.717) is 0 Å². The van der Waals surface area contributed by atoms with Gasteiger partial charge in [-0.15, -0.1) is 0 Å². The Bertz CT molecular complexity index is 514. The summed E-state index contributed by atoms with van der Waals surface area (Å²) in [6, 6.07) is 14.2. The van der Waals surface area contributed by atoms with Crippen LogP contribution in [-0.4, -0.2) is 0 Å². The van der Waals surface area contributed by atoms with E-state index in [1.165, 1.54) is 11.1 Å². The van der Waals surface area contributed by atoms with Crippen LogP contribution in [0.2, 0.25) is 5.02 Å². The minimum Gasteiger partial charge on any atom is -0.271 e. The number of rotatable bonds is 3. The highest BCUT2D eigenvalue weighted by molar-refractivity contribution is 6.30. The molecule has 0 aliphatic rings. The van der Waals surface area contributed by atoms with Crippen LogP contribution in [-0.2, 0) is 0 Å². The number of nitrogens with one attached hydrogen (secondary N) is 1. The van der Waals surface area contributed by atoms with Crippen molar-refractivity contribution in [1.82, 2.24) is 5.43 Å². The quantitative estimate of drug-likeness (QED) is 0.655. The maximum Gasteiger partial charge on any atom is 0.0710 e. The minimum absolute atomic E-state index is 0.0131. The van der Waals surface area contributed by atoms with Gasteiger partial charge in [0, 0.05) is 5.02 Å². The fraction of sp³-hybridized carbons (Fsp3) is 0.200. The molecule has 0 heterocycles. The van der Waals surface area contributed by atoms with Crippen LogP contribution in [0.15, 0.2) is 42.5 Å².